The lowest BCUT2D eigenvalue weighted by atomic mass is 9.93. The number of fused-ring (bicyclic) bond motifs is 4. The van der Waals surface area contributed by atoms with Gasteiger partial charge in [0.15, 0.2) is 17.5 Å². The number of benzene rings is 4. The van der Waals surface area contributed by atoms with Gasteiger partial charge in [-0.25, -0.2) is 14.7 Å². The number of para-hydroxylation sites is 3. The van der Waals surface area contributed by atoms with E-state index in [4.69, 9.17) is 31.4 Å². The molecule has 5 aromatic rings. The summed E-state index contributed by atoms with van der Waals surface area (Å²) in [4.78, 5) is 12.6. The van der Waals surface area contributed by atoms with Gasteiger partial charge in [0.1, 0.15) is 5.75 Å². The highest BCUT2D eigenvalue weighted by Gasteiger charge is 2.41. The fourth-order valence-corrected chi connectivity index (χ4v) is 5.57. The molecule has 0 amide bonds. The molecule has 41 heavy (non-hydrogen) atoms. The van der Waals surface area contributed by atoms with Gasteiger partial charge in [-0.15, -0.1) is 0 Å². The highest BCUT2D eigenvalue weighted by Crippen LogP contribution is 2.48. The van der Waals surface area contributed by atoms with Crippen molar-refractivity contribution in [2.24, 2.45) is 9.98 Å². The average molecular weight is 559 g/mol. The Kier molecular flexibility index (Phi) is 6.29. The van der Waals surface area contributed by atoms with Gasteiger partial charge in [-0.05, 0) is 80.1 Å². The van der Waals surface area contributed by atoms with Gasteiger partial charge < -0.3 is 15.0 Å². The Bertz CT molecular complexity index is 1790. The molecule has 8 heteroatoms. The number of nitrogens with zero attached hydrogens (tertiary/aromatic N) is 5. The SMILES string of the molecule is CCOc1ccc(NC2=Nc3ccccc3N3C2=Nc2c(c(C)nn2-c2ccccc2)[C@@H]3c2ccc(Cl)cc2)cc1. The molecular weight excluding hydrogens is 532 g/mol. The topological polar surface area (TPSA) is 67.0 Å². The molecule has 2 aliphatic heterocycles. The molecule has 7 nitrogen and oxygen atoms in total. The summed E-state index contributed by atoms with van der Waals surface area (Å²) in [7, 11) is 0. The van der Waals surface area contributed by atoms with E-state index in [0.717, 1.165) is 51.1 Å². The Labute approximate surface area is 243 Å². The van der Waals surface area contributed by atoms with Crippen molar-refractivity contribution in [1.29, 1.82) is 0 Å². The number of ether oxygens (including phenoxy) is 1. The van der Waals surface area contributed by atoms with Gasteiger partial charge in [0.2, 0.25) is 0 Å². The van der Waals surface area contributed by atoms with E-state index in [9.17, 15) is 0 Å². The third kappa shape index (κ3) is 4.44. The second-order valence-electron chi connectivity index (χ2n) is 9.86. The van der Waals surface area contributed by atoms with Crippen LogP contribution < -0.4 is 15.0 Å². The average Bonchev–Trinajstić information content (AvgIpc) is 3.34. The van der Waals surface area contributed by atoms with E-state index in [-0.39, 0.29) is 6.04 Å². The number of hydrogen-bond donors (Lipinski definition) is 1. The normalized spacial score (nSPS) is 15.3. The van der Waals surface area contributed by atoms with Crippen LogP contribution in [-0.4, -0.2) is 28.1 Å². The van der Waals surface area contributed by atoms with Crippen molar-refractivity contribution >= 4 is 46.2 Å². The zero-order valence-corrected chi connectivity index (χ0v) is 23.4. The summed E-state index contributed by atoms with van der Waals surface area (Å²) < 4.78 is 7.57. The van der Waals surface area contributed by atoms with Crippen molar-refractivity contribution in [3.8, 4) is 11.4 Å². The number of aliphatic imine (C=N–C) groups is 2. The van der Waals surface area contributed by atoms with Crippen LogP contribution >= 0.6 is 11.6 Å². The minimum Gasteiger partial charge on any atom is -0.494 e. The number of rotatable bonds is 5. The van der Waals surface area contributed by atoms with Crippen molar-refractivity contribution in [3.05, 3.63) is 125 Å². The van der Waals surface area contributed by atoms with Crippen molar-refractivity contribution in [1.82, 2.24) is 9.78 Å². The van der Waals surface area contributed by atoms with Crippen molar-refractivity contribution in [3.63, 3.8) is 0 Å². The monoisotopic (exact) mass is 558 g/mol. The fraction of sp³-hybridized carbons (Fsp3) is 0.121. The highest BCUT2D eigenvalue weighted by molar-refractivity contribution is 6.51. The maximum absolute atomic E-state index is 6.34. The molecule has 1 N–H and O–H groups in total. The van der Waals surface area contributed by atoms with Gasteiger partial charge in [0.25, 0.3) is 0 Å². The molecule has 7 rings (SSSR count). The standard InChI is InChI=1S/C33H27ClN6O/c1-3-41-26-19-17-24(18-20-26)35-31-33-37-32-29(21(2)38-40(32)25-9-5-4-6-10-25)30(22-13-15-23(34)16-14-22)39(33)28-12-8-7-11-27(28)36-31/h4-20,30H,3H2,1-2H3,(H,35,36)/t30-/m0/s1. The van der Waals surface area contributed by atoms with Gasteiger partial charge in [0, 0.05) is 16.3 Å². The summed E-state index contributed by atoms with van der Waals surface area (Å²) in [5, 5.41) is 9.22. The Hall–Kier alpha value is -4.88. The van der Waals surface area contributed by atoms with Crippen LogP contribution in [-0.2, 0) is 0 Å². The molecule has 1 aromatic heterocycles. The Morgan fingerprint density at radius 3 is 2.34 bits per heavy atom. The van der Waals surface area contributed by atoms with Crippen molar-refractivity contribution in [2.75, 3.05) is 16.8 Å². The number of aryl methyl sites for hydroxylation is 1. The molecule has 0 saturated carbocycles. The van der Waals surface area contributed by atoms with E-state index >= 15 is 0 Å². The summed E-state index contributed by atoms with van der Waals surface area (Å²) in [6.45, 7) is 4.64. The molecule has 0 spiro atoms. The summed E-state index contributed by atoms with van der Waals surface area (Å²) >= 11 is 6.34. The molecule has 0 fully saturated rings. The lowest BCUT2D eigenvalue weighted by Gasteiger charge is -2.40. The number of halogens is 1. The molecule has 0 unspecified atom stereocenters. The third-order valence-corrected chi connectivity index (χ3v) is 7.50. The van der Waals surface area contributed by atoms with Crippen LogP contribution in [0, 0.1) is 6.92 Å². The molecule has 1 atom stereocenters. The predicted octanol–water partition coefficient (Wildman–Crippen LogP) is 8.03. The molecular formula is C33H27ClN6O. The zero-order chi connectivity index (χ0) is 27.9. The quantitative estimate of drug-likeness (QED) is 0.237. The van der Waals surface area contributed by atoms with Crippen LogP contribution in [0.3, 0.4) is 0 Å². The van der Waals surface area contributed by atoms with Crippen LogP contribution in [0.2, 0.25) is 5.02 Å². The van der Waals surface area contributed by atoms with Gasteiger partial charge in [-0.1, -0.05) is 54.1 Å². The number of aromatic nitrogens is 2. The van der Waals surface area contributed by atoms with Crippen LogP contribution in [0.15, 0.2) is 113 Å². The van der Waals surface area contributed by atoms with E-state index in [1.54, 1.807) is 0 Å². The lowest BCUT2D eigenvalue weighted by molar-refractivity contribution is 0.340. The molecule has 0 bridgehead atoms. The molecule has 202 valence electrons. The molecule has 0 saturated heterocycles. The molecule has 0 aliphatic carbocycles. The van der Waals surface area contributed by atoms with Crippen LogP contribution in [0.1, 0.15) is 29.8 Å². The zero-order valence-electron chi connectivity index (χ0n) is 22.6. The Balaban J connectivity index is 1.44. The van der Waals surface area contributed by atoms with Crippen molar-refractivity contribution < 1.29 is 4.74 Å². The number of anilines is 2. The van der Waals surface area contributed by atoms with E-state index in [1.807, 2.05) is 103 Å². The van der Waals surface area contributed by atoms with Crippen molar-refractivity contribution in [2.45, 2.75) is 19.9 Å². The minimum atomic E-state index is -0.207. The molecule has 2 aliphatic rings. The first-order valence-electron chi connectivity index (χ1n) is 13.6. The van der Waals surface area contributed by atoms with E-state index in [2.05, 4.69) is 28.4 Å². The summed E-state index contributed by atoms with van der Waals surface area (Å²) in [6, 6.07) is 33.9. The maximum atomic E-state index is 6.34. The van der Waals surface area contributed by atoms with E-state index in [1.165, 1.54) is 0 Å². The summed E-state index contributed by atoms with van der Waals surface area (Å²) in [5.41, 5.74) is 6.69. The van der Waals surface area contributed by atoms with Gasteiger partial charge >= 0.3 is 0 Å². The smallest absolute Gasteiger partial charge is 0.179 e. The molecule has 3 heterocycles. The fourth-order valence-electron chi connectivity index (χ4n) is 5.45. The summed E-state index contributed by atoms with van der Waals surface area (Å²) in [5.74, 6) is 2.96. The van der Waals surface area contributed by atoms with Gasteiger partial charge in [-0.2, -0.15) is 5.10 Å². The number of amidine groups is 2. The maximum Gasteiger partial charge on any atom is 0.179 e. The first kappa shape index (κ1) is 25.1. The van der Waals surface area contributed by atoms with Gasteiger partial charge in [0.05, 0.1) is 35.4 Å². The van der Waals surface area contributed by atoms with Crippen LogP contribution in [0.4, 0.5) is 22.9 Å². The first-order chi connectivity index (χ1) is 20.1. The van der Waals surface area contributed by atoms with Crippen LogP contribution in [0.5, 0.6) is 5.75 Å². The second kappa shape index (κ2) is 10.3. The van der Waals surface area contributed by atoms with E-state index in [0.29, 0.717) is 23.3 Å². The number of nitrogens with one attached hydrogen (secondary N) is 1. The second-order valence-corrected chi connectivity index (χ2v) is 10.3. The summed E-state index contributed by atoms with van der Waals surface area (Å²) in [6.07, 6.45) is 0. The largest absolute Gasteiger partial charge is 0.494 e. The lowest BCUT2D eigenvalue weighted by Crippen LogP contribution is -2.46. The van der Waals surface area contributed by atoms with Crippen LogP contribution in [0.25, 0.3) is 5.69 Å². The first-order valence-corrected chi connectivity index (χ1v) is 13.9. The third-order valence-electron chi connectivity index (χ3n) is 7.25. The highest BCUT2D eigenvalue weighted by atomic mass is 35.5. The molecule has 0 radical (unpaired) electrons. The minimum absolute atomic E-state index is 0.207. The molecule has 4 aromatic carbocycles. The Morgan fingerprint density at radius 1 is 0.854 bits per heavy atom. The van der Waals surface area contributed by atoms with Gasteiger partial charge in [-0.3, -0.25) is 0 Å². The van der Waals surface area contributed by atoms with E-state index < -0.39 is 0 Å². The Morgan fingerprint density at radius 2 is 1.59 bits per heavy atom. The predicted molar refractivity (Wildman–Crippen MR) is 166 cm³/mol. The number of hydrogen-bond acceptors (Lipinski definition) is 6.